The first-order chi connectivity index (χ1) is 15.4. The predicted molar refractivity (Wildman–Crippen MR) is 117 cm³/mol. The van der Waals surface area contributed by atoms with Crippen LogP contribution in [0.2, 0.25) is 5.02 Å². The molecular formula is C22H20ClN3O6. The number of pyridine rings is 1. The largest absolute Gasteiger partial charge is 0.394 e. The summed E-state index contributed by atoms with van der Waals surface area (Å²) >= 11 is 6.59. The Balaban J connectivity index is 1.50. The van der Waals surface area contributed by atoms with E-state index in [0.29, 0.717) is 21.4 Å². The van der Waals surface area contributed by atoms with Gasteiger partial charge in [0.15, 0.2) is 6.29 Å². The van der Waals surface area contributed by atoms with Gasteiger partial charge in [-0.1, -0.05) is 29.8 Å². The lowest BCUT2D eigenvalue weighted by Gasteiger charge is -2.40. The van der Waals surface area contributed by atoms with Gasteiger partial charge >= 0.3 is 0 Å². The van der Waals surface area contributed by atoms with Crippen LogP contribution in [0.1, 0.15) is 10.4 Å². The highest BCUT2D eigenvalue weighted by Crippen LogP contribution is 2.34. The predicted octanol–water partition coefficient (Wildman–Crippen LogP) is 1.05. The highest BCUT2D eigenvalue weighted by molar-refractivity contribution is 6.40. The molecule has 166 valence electrons. The van der Waals surface area contributed by atoms with Crippen LogP contribution in [0.3, 0.4) is 0 Å². The van der Waals surface area contributed by atoms with E-state index < -0.39 is 43.2 Å². The van der Waals surface area contributed by atoms with E-state index in [0.717, 1.165) is 16.4 Å². The smallest absolute Gasteiger partial charge is 0.251 e. The third-order valence-electron chi connectivity index (χ3n) is 5.82. The van der Waals surface area contributed by atoms with E-state index in [9.17, 15) is 25.2 Å². The van der Waals surface area contributed by atoms with Crippen molar-refractivity contribution in [2.45, 2.75) is 30.6 Å². The standard InChI is InChI=1S/C22H20ClN3O6/c23-15-10-3-1-2-4-12(10)24-16-11-7-9(5-6-13(11)25-17(15)16)21(30)26-18-20(29)19(28)14(8-27)32-22(18)31/h1-7,14,18-20,22,25,27-29,31H,8H2,(H,26,30)/t14-,18-,19-,20-,22-/m1/s1. The van der Waals surface area contributed by atoms with Crippen LogP contribution in [0.25, 0.3) is 32.8 Å². The number of rotatable bonds is 3. The summed E-state index contributed by atoms with van der Waals surface area (Å²) in [5.41, 5.74) is 2.98. The first-order valence-corrected chi connectivity index (χ1v) is 10.4. The van der Waals surface area contributed by atoms with E-state index in [4.69, 9.17) is 21.3 Å². The Morgan fingerprint density at radius 3 is 2.69 bits per heavy atom. The van der Waals surface area contributed by atoms with E-state index in [2.05, 4.69) is 10.3 Å². The summed E-state index contributed by atoms with van der Waals surface area (Å²) in [5, 5.41) is 44.1. The average molecular weight is 458 g/mol. The molecule has 3 heterocycles. The van der Waals surface area contributed by atoms with Crippen LogP contribution in [-0.2, 0) is 4.74 Å². The number of ether oxygens (including phenoxy) is 1. The molecule has 1 amide bonds. The highest BCUT2D eigenvalue weighted by Gasteiger charge is 2.44. The monoisotopic (exact) mass is 457 g/mol. The van der Waals surface area contributed by atoms with Gasteiger partial charge in [-0.15, -0.1) is 0 Å². The molecule has 6 N–H and O–H groups in total. The average Bonchev–Trinajstić information content (AvgIpc) is 3.17. The number of fused-ring (bicyclic) bond motifs is 4. The van der Waals surface area contributed by atoms with Gasteiger partial charge in [-0.2, -0.15) is 0 Å². The summed E-state index contributed by atoms with van der Waals surface area (Å²) in [7, 11) is 0. The first kappa shape index (κ1) is 21.1. The Labute approximate surface area is 186 Å². The molecule has 1 aliphatic heterocycles. The molecule has 0 radical (unpaired) electrons. The molecule has 0 spiro atoms. The lowest BCUT2D eigenvalue weighted by atomic mass is 9.96. The molecule has 9 nitrogen and oxygen atoms in total. The van der Waals surface area contributed by atoms with Crippen molar-refractivity contribution in [3.8, 4) is 0 Å². The number of hydrogen-bond acceptors (Lipinski definition) is 7. The summed E-state index contributed by atoms with van der Waals surface area (Å²) in [6.07, 6.45) is -5.74. The molecule has 5 atom stereocenters. The van der Waals surface area contributed by atoms with Crippen LogP contribution in [0.15, 0.2) is 42.5 Å². The number of carbonyl (C=O) groups excluding carboxylic acids is 1. The van der Waals surface area contributed by atoms with Crippen molar-refractivity contribution in [3.05, 3.63) is 53.1 Å². The molecule has 5 rings (SSSR count). The van der Waals surface area contributed by atoms with Crippen LogP contribution in [0.4, 0.5) is 0 Å². The van der Waals surface area contributed by atoms with Crippen molar-refractivity contribution in [2.75, 3.05) is 6.61 Å². The first-order valence-electron chi connectivity index (χ1n) is 10.00. The molecule has 1 saturated heterocycles. The van der Waals surface area contributed by atoms with Gasteiger partial charge in [0.25, 0.3) is 5.91 Å². The minimum absolute atomic E-state index is 0.252. The maximum absolute atomic E-state index is 12.9. The number of nitrogens with one attached hydrogen (secondary N) is 2. The fourth-order valence-electron chi connectivity index (χ4n) is 4.09. The maximum Gasteiger partial charge on any atom is 0.251 e. The van der Waals surface area contributed by atoms with Crippen molar-refractivity contribution in [2.24, 2.45) is 0 Å². The zero-order valence-electron chi connectivity index (χ0n) is 16.6. The fraction of sp³-hybridized carbons (Fsp3) is 0.273. The van der Waals surface area contributed by atoms with Gasteiger partial charge in [-0.25, -0.2) is 4.98 Å². The van der Waals surface area contributed by atoms with E-state index in [-0.39, 0.29) is 5.56 Å². The fourth-order valence-corrected chi connectivity index (χ4v) is 4.39. The van der Waals surface area contributed by atoms with Crippen molar-refractivity contribution in [1.29, 1.82) is 0 Å². The molecule has 10 heteroatoms. The molecule has 32 heavy (non-hydrogen) atoms. The number of para-hydroxylation sites is 1. The van der Waals surface area contributed by atoms with Crippen LogP contribution in [0.5, 0.6) is 0 Å². The normalized spacial score (nSPS) is 26.1. The van der Waals surface area contributed by atoms with Gasteiger partial charge in [0.05, 0.1) is 28.2 Å². The second-order valence-electron chi connectivity index (χ2n) is 7.78. The third kappa shape index (κ3) is 3.30. The summed E-state index contributed by atoms with van der Waals surface area (Å²) < 4.78 is 5.09. The number of aromatic amines is 1. The topological polar surface area (TPSA) is 148 Å². The minimum Gasteiger partial charge on any atom is -0.394 e. The second kappa shape index (κ2) is 7.96. The van der Waals surface area contributed by atoms with Crippen molar-refractivity contribution < 1.29 is 30.0 Å². The Kier molecular flexibility index (Phi) is 5.25. The van der Waals surface area contributed by atoms with Gasteiger partial charge in [-0.05, 0) is 24.3 Å². The zero-order chi connectivity index (χ0) is 22.6. The van der Waals surface area contributed by atoms with Crippen LogP contribution >= 0.6 is 11.6 Å². The summed E-state index contributed by atoms with van der Waals surface area (Å²) in [5.74, 6) is -0.588. The van der Waals surface area contributed by atoms with Gasteiger partial charge in [-0.3, -0.25) is 4.79 Å². The number of halogens is 1. The van der Waals surface area contributed by atoms with Gasteiger partial charge in [0.2, 0.25) is 0 Å². The number of nitrogens with zero attached hydrogens (tertiary/aromatic N) is 1. The molecule has 1 fully saturated rings. The van der Waals surface area contributed by atoms with E-state index in [1.165, 1.54) is 0 Å². The number of hydrogen-bond donors (Lipinski definition) is 6. The molecule has 2 aromatic heterocycles. The molecule has 0 unspecified atom stereocenters. The summed E-state index contributed by atoms with van der Waals surface area (Å²) in [6, 6.07) is 11.1. The Morgan fingerprint density at radius 2 is 1.91 bits per heavy atom. The highest BCUT2D eigenvalue weighted by atomic mass is 35.5. The van der Waals surface area contributed by atoms with Gasteiger partial charge in [0, 0.05) is 21.9 Å². The molecule has 4 aromatic rings. The summed E-state index contributed by atoms with van der Waals surface area (Å²) in [6.45, 7) is -0.586. The Hall–Kier alpha value is -2.79. The molecule has 1 aliphatic rings. The molecular weight excluding hydrogens is 438 g/mol. The minimum atomic E-state index is -1.60. The van der Waals surface area contributed by atoms with Crippen molar-refractivity contribution in [3.63, 3.8) is 0 Å². The molecule has 0 saturated carbocycles. The Bertz CT molecular complexity index is 1340. The number of aliphatic hydroxyl groups is 4. The number of aliphatic hydroxyl groups excluding tert-OH is 4. The number of carbonyl (C=O) groups is 1. The third-order valence-corrected chi connectivity index (χ3v) is 6.22. The molecule has 2 aromatic carbocycles. The number of H-pyrrole nitrogens is 1. The van der Waals surface area contributed by atoms with E-state index in [1.807, 2.05) is 24.3 Å². The SMILES string of the molecule is O=C(N[C@@H]1[C@@H](O)[C@H](O)[C@@H](CO)O[C@H]1O)c1ccc2[nH]c3c(Cl)c4ccccc4nc3c2c1. The lowest BCUT2D eigenvalue weighted by molar-refractivity contribution is -0.252. The number of aromatic nitrogens is 2. The molecule has 0 bridgehead atoms. The Morgan fingerprint density at radius 1 is 1.12 bits per heavy atom. The van der Waals surface area contributed by atoms with Crippen LogP contribution < -0.4 is 5.32 Å². The van der Waals surface area contributed by atoms with Crippen LogP contribution in [0, 0.1) is 0 Å². The maximum atomic E-state index is 12.9. The van der Waals surface area contributed by atoms with Gasteiger partial charge < -0.3 is 35.5 Å². The van der Waals surface area contributed by atoms with Gasteiger partial charge in [0.1, 0.15) is 24.4 Å². The summed E-state index contributed by atoms with van der Waals surface area (Å²) in [4.78, 5) is 20.8. The van der Waals surface area contributed by atoms with Crippen molar-refractivity contribution >= 4 is 50.3 Å². The van der Waals surface area contributed by atoms with E-state index in [1.54, 1.807) is 18.2 Å². The molecule has 0 aliphatic carbocycles. The number of amides is 1. The number of benzene rings is 2. The van der Waals surface area contributed by atoms with Crippen LogP contribution in [-0.4, -0.2) is 73.6 Å². The van der Waals surface area contributed by atoms with Crippen molar-refractivity contribution in [1.82, 2.24) is 15.3 Å². The second-order valence-corrected chi connectivity index (χ2v) is 8.16. The lowest BCUT2D eigenvalue weighted by Crippen LogP contribution is -2.64. The van der Waals surface area contributed by atoms with E-state index >= 15 is 0 Å². The quantitative estimate of drug-likeness (QED) is 0.269. The zero-order valence-corrected chi connectivity index (χ0v) is 17.3.